The van der Waals surface area contributed by atoms with Crippen molar-refractivity contribution in [1.29, 1.82) is 0 Å². The van der Waals surface area contributed by atoms with Gasteiger partial charge in [0.15, 0.2) is 0 Å². The Morgan fingerprint density at radius 2 is 1.19 bits per heavy atom. The predicted molar refractivity (Wildman–Crippen MR) is 184 cm³/mol. The van der Waals surface area contributed by atoms with Gasteiger partial charge in [-0.1, -0.05) is 120 Å². The molecule has 0 aromatic heterocycles. The first-order chi connectivity index (χ1) is 23.3. The van der Waals surface area contributed by atoms with Gasteiger partial charge in [-0.25, -0.2) is 9.69 Å². The molecule has 48 heavy (non-hydrogen) atoms. The standard InChI is InChI=1S/C39H46N2O7/c1-3-4-5-6-7-8-9-10-11-12-13-19-27-48-37(45)30-22-20-21-29(28-30)34(42)39(47-2,38(46)40-31-23-15-14-16-24-31)41-35(43)32-25-17-18-26-33(32)36(41)44/h14-18,20-26,28H,3-13,19,27H2,1-2H3,(H,40,46). The number of carbonyl (C=O) groups is 5. The zero-order valence-electron chi connectivity index (χ0n) is 28.0. The van der Waals surface area contributed by atoms with Crippen LogP contribution in [0.15, 0.2) is 78.9 Å². The summed E-state index contributed by atoms with van der Waals surface area (Å²) < 4.78 is 11.1. The average Bonchev–Trinajstić information content (AvgIpc) is 3.37. The number of ketones is 1. The minimum absolute atomic E-state index is 0.0411. The van der Waals surface area contributed by atoms with Gasteiger partial charge in [0, 0.05) is 18.4 Å². The van der Waals surface area contributed by atoms with Gasteiger partial charge in [0.05, 0.1) is 23.3 Å². The molecule has 1 unspecified atom stereocenters. The average molecular weight is 655 g/mol. The van der Waals surface area contributed by atoms with E-state index in [1.165, 1.54) is 94.2 Å². The van der Waals surface area contributed by atoms with E-state index in [9.17, 15) is 24.0 Å². The van der Waals surface area contributed by atoms with Crippen LogP contribution in [0.1, 0.15) is 125 Å². The first-order valence-electron chi connectivity index (χ1n) is 17.1. The number of nitrogens with one attached hydrogen (secondary N) is 1. The molecule has 4 rings (SSSR count). The first kappa shape index (κ1) is 36.2. The Balaban J connectivity index is 1.41. The third-order valence-corrected chi connectivity index (χ3v) is 8.64. The zero-order valence-corrected chi connectivity index (χ0v) is 28.0. The van der Waals surface area contributed by atoms with Gasteiger partial charge in [-0.05, 0) is 42.8 Å². The molecule has 1 aliphatic rings. The van der Waals surface area contributed by atoms with Crippen LogP contribution in [0, 0.1) is 0 Å². The van der Waals surface area contributed by atoms with Crippen LogP contribution in [0.25, 0.3) is 0 Å². The van der Waals surface area contributed by atoms with E-state index in [1.807, 2.05) is 0 Å². The minimum atomic E-state index is -2.72. The van der Waals surface area contributed by atoms with Crippen LogP contribution in [-0.4, -0.2) is 53.8 Å². The second kappa shape index (κ2) is 18.1. The third-order valence-electron chi connectivity index (χ3n) is 8.64. The SMILES string of the molecule is CCCCCCCCCCCCCCOC(=O)c1cccc(C(=O)C(OC)(C(=O)Nc2ccccc2)N2C(=O)c3ccccc3C2=O)c1. The van der Waals surface area contributed by atoms with E-state index >= 15 is 0 Å². The molecule has 0 saturated heterocycles. The smallest absolute Gasteiger partial charge is 0.338 e. The van der Waals surface area contributed by atoms with E-state index in [4.69, 9.17) is 9.47 Å². The lowest BCUT2D eigenvalue weighted by molar-refractivity contribution is -0.144. The number of ether oxygens (including phenoxy) is 2. The second-order valence-corrected chi connectivity index (χ2v) is 12.1. The maximum absolute atomic E-state index is 14.3. The Kier molecular flexibility index (Phi) is 13.6. The molecule has 1 aliphatic heterocycles. The van der Waals surface area contributed by atoms with Crippen molar-refractivity contribution in [3.05, 3.63) is 101 Å². The van der Waals surface area contributed by atoms with Crippen molar-refractivity contribution >= 4 is 35.2 Å². The van der Waals surface area contributed by atoms with Crippen LogP contribution in [0.5, 0.6) is 0 Å². The Morgan fingerprint density at radius 3 is 1.75 bits per heavy atom. The van der Waals surface area contributed by atoms with Crippen molar-refractivity contribution in [2.45, 2.75) is 89.7 Å². The number of carbonyl (C=O) groups excluding carboxylic acids is 5. The summed E-state index contributed by atoms with van der Waals surface area (Å²) >= 11 is 0. The van der Waals surface area contributed by atoms with Gasteiger partial charge in [0.2, 0.25) is 5.78 Å². The number of hydrogen-bond acceptors (Lipinski definition) is 7. The maximum atomic E-state index is 14.3. The van der Waals surface area contributed by atoms with Crippen LogP contribution in [0.2, 0.25) is 0 Å². The first-order valence-corrected chi connectivity index (χ1v) is 17.1. The molecule has 9 nitrogen and oxygen atoms in total. The summed E-state index contributed by atoms with van der Waals surface area (Å²) in [5, 5.41) is 2.61. The highest BCUT2D eigenvalue weighted by atomic mass is 16.5. The normalized spacial score (nSPS) is 13.6. The molecular formula is C39H46N2O7. The quantitative estimate of drug-likeness (QED) is 0.0431. The zero-order chi connectivity index (χ0) is 34.4. The molecule has 9 heteroatoms. The van der Waals surface area contributed by atoms with Crippen molar-refractivity contribution in [1.82, 2.24) is 4.90 Å². The molecule has 254 valence electrons. The number of amides is 3. The number of anilines is 1. The Hall–Kier alpha value is -4.63. The molecule has 0 spiro atoms. The number of benzene rings is 3. The number of hydrogen-bond donors (Lipinski definition) is 1. The van der Waals surface area contributed by atoms with Crippen LogP contribution in [0.3, 0.4) is 0 Å². The van der Waals surface area contributed by atoms with E-state index in [0.717, 1.165) is 26.4 Å². The van der Waals surface area contributed by atoms with E-state index in [0.29, 0.717) is 10.6 Å². The van der Waals surface area contributed by atoms with Crippen LogP contribution in [-0.2, 0) is 14.3 Å². The molecule has 0 saturated carbocycles. The third kappa shape index (κ3) is 8.63. The van der Waals surface area contributed by atoms with Gasteiger partial charge in [-0.2, -0.15) is 0 Å². The number of para-hydroxylation sites is 1. The van der Waals surface area contributed by atoms with Crippen LogP contribution >= 0.6 is 0 Å². The van der Waals surface area contributed by atoms with Gasteiger partial charge >= 0.3 is 5.97 Å². The van der Waals surface area contributed by atoms with E-state index < -0.39 is 35.2 Å². The summed E-state index contributed by atoms with van der Waals surface area (Å²) in [7, 11) is 1.08. The van der Waals surface area contributed by atoms with Gasteiger partial charge in [0.1, 0.15) is 0 Å². The number of fused-ring (bicyclic) bond motifs is 1. The van der Waals surface area contributed by atoms with Crippen molar-refractivity contribution in [2.75, 3.05) is 19.0 Å². The Morgan fingerprint density at radius 1 is 0.667 bits per heavy atom. The minimum Gasteiger partial charge on any atom is -0.462 e. The fourth-order valence-corrected chi connectivity index (χ4v) is 5.97. The van der Waals surface area contributed by atoms with E-state index in [1.54, 1.807) is 42.5 Å². The molecule has 0 aliphatic carbocycles. The molecule has 1 atom stereocenters. The topological polar surface area (TPSA) is 119 Å². The molecule has 0 bridgehead atoms. The number of unbranched alkanes of at least 4 members (excludes halogenated alkanes) is 11. The molecule has 3 aromatic carbocycles. The van der Waals surface area contributed by atoms with Crippen LogP contribution in [0.4, 0.5) is 5.69 Å². The molecule has 1 N–H and O–H groups in total. The van der Waals surface area contributed by atoms with Crippen molar-refractivity contribution < 1.29 is 33.4 Å². The number of methoxy groups -OCH3 is 1. The molecule has 1 heterocycles. The van der Waals surface area contributed by atoms with E-state index in [2.05, 4.69) is 12.2 Å². The summed E-state index contributed by atoms with van der Waals surface area (Å²) in [6.07, 6.45) is 14.3. The number of Topliss-reactive ketones (excluding diaryl/α,β-unsaturated/α-hetero) is 1. The summed E-state index contributed by atoms with van der Waals surface area (Å²) in [5.74, 6) is -4.37. The summed E-state index contributed by atoms with van der Waals surface area (Å²) in [5.41, 5.74) is -2.34. The van der Waals surface area contributed by atoms with Gasteiger partial charge in [-0.15, -0.1) is 0 Å². The molecule has 3 amide bonds. The van der Waals surface area contributed by atoms with Gasteiger partial charge < -0.3 is 14.8 Å². The maximum Gasteiger partial charge on any atom is 0.338 e. The largest absolute Gasteiger partial charge is 0.462 e. The summed E-state index contributed by atoms with van der Waals surface area (Å²) in [4.78, 5) is 69.0. The van der Waals surface area contributed by atoms with E-state index in [-0.39, 0.29) is 28.9 Å². The van der Waals surface area contributed by atoms with Crippen LogP contribution < -0.4 is 5.32 Å². The second-order valence-electron chi connectivity index (χ2n) is 12.1. The summed E-state index contributed by atoms with van der Waals surface area (Å²) in [6.45, 7) is 2.47. The number of esters is 1. The highest BCUT2D eigenvalue weighted by Gasteiger charge is 2.59. The predicted octanol–water partition coefficient (Wildman–Crippen LogP) is 8.00. The molecule has 0 fully saturated rings. The highest BCUT2D eigenvalue weighted by Crippen LogP contribution is 2.34. The Bertz CT molecular complexity index is 1540. The van der Waals surface area contributed by atoms with Gasteiger partial charge in [0.25, 0.3) is 23.4 Å². The lowest BCUT2D eigenvalue weighted by atomic mass is 9.95. The monoisotopic (exact) mass is 654 g/mol. The molecule has 0 radical (unpaired) electrons. The Labute approximate surface area is 283 Å². The number of rotatable bonds is 20. The number of imide groups is 1. The number of nitrogens with zero attached hydrogens (tertiary/aromatic N) is 1. The van der Waals surface area contributed by atoms with Crippen molar-refractivity contribution in [3.63, 3.8) is 0 Å². The fraction of sp³-hybridized carbons (Fsp3) is 0.410. The van der Waals surface area contributed by atoms with Gasteiger partial charge in [-0.3, -0.25) is 19.2 Å². The van der Waals surface area contributed by atoms with Crippen molar-refractivity contribution in [3.8, 4) is 0 Å². The summed E-state index contributed by atoms with van der Waals surface area (Å²) in [6, 6.07) is 20.0. The van der Waals surface area contributed by atoms with Crippen molar-refractivity contribution in [2.24, 2.45) is 0 Å². The lowest BCUT2D eigenvalue weighted by Crippen LogP contribution is -2.65. The lowest BCUT2D eigenvalue weighted by Gasteiger charge is -2.36. The fourth-order valence-electron chi connectivity index (χ4n) is 5.97. The molecule has 3 aromatic rings. The highest BCUT2D eigenvalue weighted by molar-refractivity contribution is 6.30. The molecular weight excluding hydrogens is 608 g/mol.